The Hall–Kier alpha value is -3.91. The summed E-state index contributed by atoms with van der Waals surface area (Å²) in [5, 5.41) is 9.41. The van der Waals surface area contributed by atoms with Crippen LogP contribution in [0.4, 0.5) is 32.1 Å². The van der Waals surface area contributed by atoms with Crippen LogP contribution in [0.5, 0.6) is 5.75 Å². The molecule has 0 radical (unpaired) electrons. The Morgan fingerprint density at radius 2 is 1.70 bits per heavy atom. The smallest absolute Gasteiger partial charge is 0.323 e. The van der Waals surface area contributed by atoms with Gasteiger partial charge in [0.05, 0.1) is 12.1 Å². The second kappa shape index (κ2) is 10.6. The molecule has 3 aromatic carbocycles. The fraction of sp³-hybridized carbons (Fsp3) is 0.125. The summed E-state index contributed by atoms with van der Waals surface area (Å²) in [5.41, 5.74) is 2.38. The summed E-state index contributed by atoms with van der Waals surface area (Å²) in [7, 11) is 0. The van der Waals surface area contributed by atoms with Crippen LogP contribution in [-0.4, -0.2) is 28.5 Å². The maximum atomic E-state index is 13.3. The van der Waals surface area contributed by atoms with Gasteiger partial charge in [-0.2, -0.15) is 0 Å². The zero-order chi connectivity index (χ0) is 23.0. The van der Waals surface area contributed by atoms with Crippen molar-refractivity contribution in [1.29, 1.82) is 0 Å². The first-order valence-corrected chi connectivity index (χ1v) is 10.8. The standard InChI is InChI=1S/C24H21ClFN5O2/c25-10-3-11-33-20-8-9-21-22(14-20)27-15-28-23(21)29-18-6-2-7-19(13-18)31-24(32)30-17-5-1-4-16(26)12-17/h1-2,4-9,12-15H,3,10-11H2,(H,27,28,29)(H2,30,31,32). The van der Waals surface area contributed by atoms with Crippen LogP contribution >= 0.6 is 11.6 Å². The second-order valence-corrected chi connectivity index (χ2v) is 7.47. The van der Waals surface area contributed by atoms with Crippen molar-refractivity contribution in [3.63, 3.8) is 0 Å². The highest BCUT2D eigenvalue weighted by molar-refractivity contribution is 6.17. The number of urea groups is 1. The number of amides is 2. The van der Waals surface area contributed by atoms with Gasteiger partial charge in [0, 0.05) is 34.4 Å². The van der Waals surface area contributed by atoms with Gasteiger partial charge in [-0.25, -0.2) is 19.2 Å². The Bertz CT molecular complexity index is 1270. The first kappa shape index (κ1) is 22.3. The molecular weight excluding hydrogens is 445 g/mol. The lowest BCUT2D eigenvalue weighted by molar-refractivity contribution is 0.262. The average Bonchev–Trinajstić information content (AvgIpc) is 2.79. The number of ether oxygens (including phenoxy) is 1. The Kier molecular flexibility index (Phi) is 7.16. The molecule has 0 fully saturated rings. The zero-order valence-corrected chi connectivity index (χ0v) is 18.3. The molecule has 0 atom stereocenters. The zero-order valence-electron chi connectivity index (χ0n) is 17.5. The minimum atomic E-state index is -0.480. The molecule has 0 unspecified atom stereocenters. The molecule has 3 N–H and O–H groups in total. The largest absolute Gasteiger partial charge is 0.493 e. The van der Waals surface area contributed by atoms with E-state index in [0.717, 1.165) is 23.0 Å². The molecule has 4 aromatic rings. The molecule has 0 saturated heterocycles. The summed E-state index contributed by atoms with van der Waals surface area (Å²) < 4.78 is 19.0. The molecule has 2 amide bonds. The molecule has 33 heavy (non-hydrogen) atoms. The summed E-state index contributed by atoms with van der Waals surface area (Å²) in [6, 6.07) is 18.0. The molecule has 9 heteroatoms. The number of aromatic nitrogens is 2. The quantitative estimate of drug-likeness (QED) is 0.214. The van der Waals surface area contributed by atoms with Crippen molar-refractivity contribution in [2.75, 3.05) is 28.4 Å². The number of alkyl halides is 1. The van der Waals surface area contributed by atoms with Crippen LogP contribution in [0.3, 0.4) is 0 Å². The van der Waals surface area contributed by atoms with Crippen LogP contribution in [0.25, 0.3) is 10.9 Å². The van der Waals surface area contributed by atoms with Gasteiger partial charge in [0.15, 0.2) is 0 Å². The number of carbonyl (C=O) groups excluding carboxylic acids is 1. The highest BCUT2D eigenvalue weighted by Gasteiger charge is 2.08. The van der Waals surface area contributed by atoms with Crippen molar-refractivity contribution in [2.24, 2.45) is 0 Å². The molecular formula is C24H21ClFN5O2. The Morgan fingerprint density at radius 3 is 2.48 bits per heavy atom. The fourth-order valence-corrected chi connectivity index (χ4v) is 3.25. The third kappa shape index (κ3) is 6.08. The van der Waals surface area contributed by atoms with Gasteiger partial charge in [0.1, 0.15) is 23.7 Å². The molecule has 0 aliphatic rings. The number of benzene rings is 3. The molecule has 168 valence electrons. The Morgan fingerprint density at radius 1 is 0.939 bits per heavy atom. The number of anilines is 4. The lowest BCUT2D eigenvalue weighted by Crippen LogP contribution is -2.19. The molecule has 1 aromatic heterocycles. The van der Waals surface area contributed by atoms with Crippen LogP contribution in [0.1, 0.15) is 6.42 Å². The van der Waals surface area contributed by atoms with Crippen molar-refractivity contribution in [3.8, 4) is 5.75 Å². The van der Waals surface area contributed by atoms with Gasteiger partial charge in [-0.3, -0.25) is 0 Å². The Balaban J connectivity index is 1.46. The predicted octanol–water partition coefficient (Wildman–Crippen LogP) is 6.16. The fourth-order valence-electron chi connectivity index (χ4n) is 3.14. The second-order valence-electron chi connectivity index (χ2n) is 7.09. The van der Waals surface area contributed by atoms with E-state index in [0.29, 0.717) is 35.4 Å². The van der Waals surface area contributed by atoms with Crippen LogP contribution in [0, 0.1) is 5.82 Å². The first-order valence-electron chi connectivity index (χ1n) is 10.2. The van der Waals surface area contributed by atoms with E-state index < -0.39 is 11.8 Å². The van der Waals surface area contributed by atoms with Crippen molar-refractivity contribution < 1.29 is 13.9 Å². The van der Waals surface area contributed by atoms with Crippen LogP contribution < -0.4 is 20.7 Å². The van der Waals surface area contributed by atoms with Gasteiger partial charge in [-0.15, -0.1) is 11.6 Å². The SMILES string of the molecule is O=C(Nc1cccc(F)c1)Nc1cccc(Nc2ncnc3cc(OCCCCl)ccc23)c1. The number of nitrogens with one attached hydrogen (secondary N) is 3. The number of fused-ring (bicyclic) bond motifs is 1. The highest BCUT2D eigenvalue weighted by Crippen LogP contribution is 2.27. The van der Waals surface area contributed by atoms with Crippen molar-refractivity contribution in [3.05, 3.63) is 78.9 Å². The summed E-state index contributed by atoms with van der Waals surface area (Å²) in [6.07, 6.45) is 2.24. The third-order valence-corrected chi connectivity index (χ3v) is 4.89. The number of rotatable bonds is 8. The van der Waals surface area contributed by atoms with Crippen LogP contribution in [-0.2, 0) is 0 Å². The number of carbonyl (C=O) groups is 1. The topological polar surface area (TPSA) is 88.2 Å². The van der Waals surface area contributed by atoms with Crippen molar-refractivity contribution in [1.82, 2.24) is 9.97 Å². The van der Waals surface area contributed by atoms with Gasteiger partial charge >= 0.3 is 6.03 Å². The summed E-state index contributed by atoms with van der Waals surface area (Å²) in [6.45, 7) is 0.539. The number of halogens is 2. The van der Waals surface area contributed by atoms with E-state index in [1.165, 1.54) is 24.5 Å². The maximum absolute atomic E-state index is 13.3. The predicted molar refractivity (Wildman–Crippen MR) is 129 cm³/mol. The van der Waals surface area contributed by atoms with E-state index >= 15 is 0 Å². The summed E-state index contributed by atoms with van der Waals surface area (Å²) in [5.74, 6) is 1.45. The Labute approximate surface area is 195 Å². The number of nitrogens with zero attached hydrogens (tertiary/aromatic N) is 2. The van der Waals surface area contributed by atoms with E-state index in [4.69, 9.17) is 16.3 Å². The molecule has 7 nitrogen and oxygen atoms in total. The monoisotopic (exact) mass is 465 g/mol. The summed E-state index contributed by atoms with van der Waals surface area (Å²) in [4.78, 5) is 20.9. The molecule has 4 rings (SSSR count). The van der Waals surface area contributed by atoms with Gasteiger partial charge < -0.3 is 20.7 Å². The molecule has 0 bridgehead atoms. The minimum absolute atomic E-state index is 0.361. The van der Waals surface area contributed by atoms with Gasteiger partial charge in [-0.1, -0.05) is 12.1 Å². The van der Waals surface area contributed by atoms with Crippen LogP contribution in [0.15, 0.2) is 73.1 Å². The van der Waals surface area contributed by atoms with E-state index in [9.17, 15) is 9.18 Å². The van der Waals surface area contributed by atoms with Crippen molar-refractivity contribution in [2.45, 2.75) is 6.42 Å². The molecule has 0 aliphatic carbocycles. The van der Waals surface area contributed by atoms with Gasteiger partial charge in [0.25, 0.3) is 0 Å². The molecule has 1 heterocycles. The molecule has 0 saturated carbocycles. The molecule has 0 aliphatic heterocycles. The van der Waals surface area contributed by atoms with Crippen LogP contribution in [0.2, 0.25) is 0 Å². The maximum Gasteiger partial charge on any atom is 0.323 e. The lowest BCUT2D eigenvalue weighted by atomic mass is 10.2. The van der Waals surface area contributed by atoms with E-state index in [1.807, 2.05) is 24.3 Å². The third-order valence-electron chi connectivity index (χ3n) is 4.62. The van der Waals surface area contributed by atoms with E-state index in [2.05, 4.69) is 25.9 Å². The van der Waals surface area contributed by atoms with Gasteiger partial charge in [0.2, 0.25) is 0 Å². The average molecular weight is 466 g/mol. The number of hydrogen-bond donors (Lipinski definition) is 3. The van der Waals surface area contributed by atoms with E-state index in [1.54, 1.807) is 24.3 Å². The minimum Gasteiger partial charge on any atom is -0.493 e. The summed E-state index contributed by atoms with van der Waals surface area (Å²) >= 11 is 5.69. The lowest BCUT2D eigenvalue weighted by Gasteiger charge is -2.12. The van der Waals surface area contributed by atoms with Gasteiger partial charge in [-0.05, 0) is 55.0 Å². The number of hydrogen-bond acceptors (Lipinski definition) is 5. The highest BCUT2D eigenvalue weighted by atomic mass is 35.5. The van der Waals surface area contributed by atoms with E-state index in [-0.39, 0.29) is 0 Å². The van der Waals surface area contributed by atoms with Crippen molar-refractivity contribution >= 4 is 51.4 Å². The first-order chi connectivity index (χ1) is 16.1. The molecule has 0 spiro atoms. The normalized spacial score (nSPS) is 10.6.